The number of hydrogen-bond acceptors (Lipinski definition) is 4. The minimum absolute atomic E-state index is 0.0299. The molecule has 0 saturated carbocycles. The second-order valence-electron chi connectivity index (χ2n) is 7.66. The van der Waals surface area contributed by atoms with Gasteiger partial charge in [-0.25, -0.2) is 9.59 Å². The molecule has 0 radical (unpaired) electrons. The Morgan fingerprint density at radius 1 is 1.10 bits per heavy atom. The smallest absolute Gasteiger partial charge is 0.336 e. The molecule has 1 aliphatic heterocycles. The summed E-state index contributed by atoms with van der Waals surface area (Å²) in [6.07, 6.45) is 2.11. The van der Waals surface area contributed by atoms with Gasteiger partial charge in [0.05, 0.1) is 6.54 Å². The van der Waals surface area contributed by atoms with Crippen molar-refractivity contribution in [1.82, 2.24) is 10.2 Å². The van der Waals surface area contributed by atoms with E-state index >= 15 is 0 Å². The fourth-order valence-corrected chi connectivity index (χ4v) is 4.53. The number of imide groups is 1. The third kappa shape index (κ3) is 2.59. The van der Waals surface area contributed by atoms with Crippen LogP contribution in [0.1, 0.15) is 35.6 Å². The zero-order valence-electron chi connectivity index (χ0n) is 16.0. The number of fused-ring (bicyclic) bond motifs is 3. The molecular formula is C23H20N2O4. The molecule has 146 valence electrons. The Bertz CT molecular complexity index is 1230. The maximum absolute atomic E-state index is 13.4. The summed E-state index contributed by atoms with van der Waals surface area (Å²) in [5.41, 5.74) is 2.58. The molecular weight excluding hydrogens is 368 g/mol. The monoisotopic (exact) mass is 388 g/mol. The lowest BCUT2D eigenvalue weighted by molar-refractivity contribution is -0.132. The van der Waals surface area contributed by atoms with E-state index in [1.165, 1.54) is 11.0 Å². The first kappa shape index (κ1) is 17.7. The highest BCUT2D eigenvalue weighted by Crippen LogP contribution is 2.41. The van der Waals surface area contributed by atoms with Crippen molar-refractivity contribution < 1.29 is 14.0 Å². The number of carbonyl (C=O) groups is 2. The number of urea groups is 1. The minimum Gasteiger partial charge on any atom is -0.423 e. The van der Waals surface area contributed by atoms with Crippen LogP contribution >= 0.6 is 0 Å². The van der Waals surface area contributed by atoms with Crippen LogP contribution in [0.3, 0.4) is 0 Å². The fraction of sp³-hybridized carbons (Fsp3) is 0.261. The second kappa shape index (κ2) is 6.30. The first-order chi connectivity index (χ1) is 14.0. The minimum atomic E-state index is -1.00. The molecule has 0 bridgehead atoms. The second-order valence-corrected chi connectivity index (χ2v) is 7.66. The van der Waals surface area contributed by atoms with Crippen LogP contribution in [0.15, 0.2) is 57.7 Å². The number of aryl methyl sites for hydroxylation is 2. The van der Waals surface area contributed by atoms with Crippen molar-refractivity contribution in [3.63, 3.8) is 0 Å². The van der Waals surface area contributed by atoms with Crippen molar-refractivity contribution in [1.29, 1.82) is 0 Å². The third-order valence-electron chi connectivity index (χ3n) is 6.05. The molecule has 1 saturated heterocycles. The Morgan fingerprint density at radius 2 is 1.93 bits per heavy atom. The van der Waals surface area contributed by atoms with Crippen LogP contribution in [0.5, 0.6) is 0 Å². The zero-order chi connectivity index (χ0) is 20.2. The number of amides is 3. The lowest BCUT2D eigenvalue weighted by atomic mass is 9.92. The van der Waals surface area contributed by atoms with Crippen molar-refractivity contribution in [3.05, 3.63) is 81.2 Å². The number of nitrogens with zero attached hydrogens (tertiary/aromatic N) is 1. The average Bonchev–Trinajstić information content (AvgIpc) is 3.20. The number of hydrogen-bond donors (Lipinski definition) is 1. The van der Waals surface area contributed by atoms with Gasteiger partial charge in [0.2, 0.25) is 0 Å². The van der Waals surface area contributed by atoms with Crippen LogP contribution < -0.4 is 10.9 Å². The van der Waals surface area contributed by atoms with E-state index in [0.717, 1.165) is 34.9 Å². The fourth-order valence-electron chi connectivity index (χ4n) is 4.53. The van der Waals surface area contributed by atoms with Crippen LogP contribution in [-0.4, -0.2) is 16.8 Å². The van der Waals surface area contributed by atoms with E-state index in [1.54, 1.807) is 0 Å². The summed E-state index contributed by atoms with van der Waals surface area (Å²) in [7, 11) is 0. The van der Waals surface area contributed by atoms with Crippen molar-refractivity contribution in [2.45, 2.75) is 38.3 Å². The van der Waals surface area contributed by atoms with Gasteiger partial charge in [-0.1, -0.05) is 43.3 Å². The Morgan fingerprint density at radius 3 is 2.76 bits per heavy atom. The van der Waals surface area contributed by atoms with Gasteiger partial charge in [-0.05, 0) is 47.6 Å². The van der Waals surface area contributed by atoms with Crippen LogP contribution in [0.2, 0.25) is 0 Å². The van der Waals surface area contributed by atoms with Gasteiger partial charge in [0.15, 0.2) is 0 Å². The van der Waals surface area contributed by atoms with Crippen LogP contribution in [-0.2, 0) is 29.7 Å². The van der Waals surface area contributed by atoms with Gasteiger partial charge in [0, 0.05) is 11.5 Å². The van der Waals surface area contributed by atoms with Gasteiger partial charge in [0.25, 0.3) is 5.91 Å². The number of rotatable bonds is 3. The van der Waals surface area contributed by atoms with E-state index in [-0.39, 0.29) is 12.5 Å². The highest BCUT2D eigenvalue weighted by atomic mass is 16.4. The zero-order valence-corrected chi connectivity index (χ0v) is 16.0. The molecule has 6 heteroatoms. The largest absolute Gasteiger partial charge is 0.423 e. The van der Waals surface area contributed by atoms with Crippen molar-refractivity contribution in [2.24, 2.45) is 0 Å². The Balaban J connectivity index is 1.54. The molecule has 1 spiro atoms. The number of benzene rings is 2. The summed E-state index contributed by atoms with van der Waals surface area (Å²) in [6.45, 7) is 2.05. The average molecular weight is 388 g/mol. The van der Waals surface area contributed by atoms with E-state index in [4.69, 9.17) is 4.42 Å². The van der Waals surface area contributed by atoms with E-state index in [2.05, 4.69) is 5.32 Å². The lowest BCUT2D eigenvalue weighted by Gasteiger charge is -2.22. The summed E-state index contributed by atoms with van der Waals surface area (Å²) in [5.74, 6) is -0.265. The van der Waals surface area contributed by atoms with E-state index in [0.29, 0.717) is 17.6 Å². The molecule has 5 rings (SSSR count). The normalized spacial score (nSPS) is 20.5. The molecule has 2 aromatic carbocycles. The molecule has 3 aromatic rings. The molecule has 3 amide bonds. The van der Waals surface area contributed by atoms with Crippen molar-refractivity contribution in [3.8, 4) is 0 Å². The van der Waals surface area contributed by atoms with Gasteiger partial charge in [-0.15, -0.1) is 0 Å². The van der Waals surface area contributed by atoms with Crippen molar-refractivity contribution >= 4 is 22.9 Å². The molecule has 1 aliphatic carbocycles. The highest BCUT2D eigenvalue weighted by Gasteiger charge is 2.55. The molecule has 29 heavy (non-hydrogen) atoms. The van der Waals surface area contributed by atoms with E-state index in [1.807, 2.05) is 49.4 Å². The standard InChI is InChI=1S/C23H20N2O4/c1-2-14-7-8-17-16(12-20(26)29-19(17)11-14)13-25-21(27)23(24-22(25)28)10-9-15-5-3-4-6-18(15)23/h3-8,11-12H,2,9-10,13H2,1H3,(H,24,28). The molecule has 6 nitrogen and oxygen atoms in total. The maximum Gasteiger partial charge on any atom is 0.336 e. The van der Waals surface area contributed by atoms with Gasteiger partial charge in [0.1, 0.15) is 11.1 Å². The van der Waals surface area contributed by atoms with E-state index in [9.17, 15) is 14.4 Å². The van der Waals surface area contributed by atoms with Gasteiger partial charge < -0.3 is 9.73 Å². The predicted octanol–water partition coefficient (Wildman–Crippen LogP) is 3.25. The van der Waals surface area contributed by atoms with Crippen molar-refractivity contribution in [2.75, 3.05) is 0 Å². The molecule has 2 aliphatic rings. The molecule has 1 unspecified atom stereocenters. The molecule has 2 heterocycles. The summed E-state index contributed by atoms with van der Waals surface area (Å²) in [5, 5.41) is 3.65. The lowest BCUT2D eigenvalue weighted by Crippen LogP contribution is -2.41. The Labute approximate surface area is 167 Å². The first-order valence-corrected chi connectivity index (χ1v) is 9.80. The quantitative estimate of drug-likeness (QED) is 0.552. The summed E-state index contributed by atoms with van der Waals surface area (Å²) in [6, 6.07) is 14.3. The summed E-state index contributed by atoms with van der Waals surface area (Å²) >= 11 is 0. The number of nitrogens with one attached hydrogen (secondary N) is 1. The Kier molecular flexibility index (Phi) is 3.84. The predicted molar refractivity (Wildman–Crippen MR) is 107 cm³/mol. The van der Waals surface area contributed by atoms with Gasteiger partial charge in [-0.3, -0.25) is 9.69 Å². The first-order valence-electron chi connectivity index (χ1n) is 9.80. The Hall–Kier alpha value is -3.41. The SMILES string of the molecule is CCc1ccc2c(CN3C(=O)NC4(CCc5ccccc54)C3=O)cc(=O)oc2c1. The topological polar surface area (TPSA) is 79.6 Å². The molecule has 1 aromatic heterocycles. The maximum atomic E-state index is 13.4. The highest BCUT2D eigenvalue weighted by molar-refractivity contribution is 6.08. The third-order valence-corrected chi connectivity index (χ3v) is 6.05. The number of carbonyl (C=O) groups excluding carboxylic acids is 2. The molecule has 1 fully saturated rings. The van der Waals surface area contributed by atoms with Crippen LogP contribution in [0, 0.1) is 0 Å². The van der Waals surface area contributed by atoms with E-state index < -0.39 is 17.2 Å². The van der Waals surface area contributed by atoms with Crippen LogP contribution in [0.25, 0.3) is 11.0 Å². The van der Waals surface area contributed by atoms with Gasteiger partial charge >= 0.3 is 11.7 Å². The molecule has 1 atom stereocenters. The summed E-state index contributed by atoms with van der Waals surface area (Å²) < 4.78 is 5.34. The molecule has 1 N–H and O–H groups in total. The summed E-state index contributed by atoms with van der Waals surface area (Å²) in [4.78, 5) is 39.4. The van der Waals surface area contributed by atoms with Crippen LogP contribution in [0.4, 0.5) is 4.79 Å². The van der Waals surface area contributed by atoms with Gasteiger partial charge in [-0.2, -0.15) is 0 Å².